The van der Waals surface area contributed by atoms with Gasteiger partial charge in [0.05, 0.1) is 12.2 Å². The van der Waals surface area contributed by atoms with Gasteiger partial charge in [0.2, 0.25) is 0 Å². The third kappa shape index (κ3) is 4.85. The van der Waals surface area contributed by atoms with Crippen LogP contribution in [0.5, 0.6) is 5.75 Å². The van der Waals surface area contributed by atoms with Gasteiger partial charge in [0, 0.05) is 38.4 Å². The number of hydrogen-bond acceptors (Lipinski definition) is 5. The van der Waals surface area contributed by atoms with Crippen molar-refractivity contribution in [3.05, 3.63) is 24.3 Å². The van der Waals surface area contributed by atoms with Crippen LogP contribution in [-0.2, 0) is 4.74 Å². The summed E-state index contributed by atoms with van der Waals surface area (Å²) in [4.78, 5) is 4.66. The van der Waals surface area contributed by atoms with E-state index in [9.17, 15) is 5.11 Å². The lowest BCUT2D eigenvalue weighted by atomic mass is 10.2. The monoisotopic (exact) mass is 334 g/mol. The molecule has 2 aliphatic rings. The Balaban J connectivity index is 1.43. The van der Waals surface area contributed by atoms with Crippen molar-refractivity contribution in [3.63, 3.8) is 0 Å². The molecule has 0 spiro atoms. The summed E-state index contributed by atoms with van der Waals surface area (Å²) in [5, 5.41) is 10.2. The van der Waals surface area contributed by atoms with Gasteiger partial charge in [-0.05, 0) is 51.0 Å². The maximum absolute atomic E-state index is 10.2. The first kappa shape index (κ1) is 17.5. The Morgan fingerprint density at radius 3 is 2.38 bits per heavy atom. The number of morpholine rings is 1. The van der Waals surface area contributed by atoms with Crippen LogP contribution in [0.25, 0.3) is 0 Å². The number of hydrogen-bond donors (Lipinski definition) is 1. The van der Waals surface area contributed by atoms with Crippen LogP contribution in [0, 0.1) is 0 Å². The lowest BCUT2D eigenvalue weighted by Crippen LogP contribution is -2.48. The van der Waals surface area contributed by atoms with Crippen molar-refractivity contribution in [3.8, 4) is 5.75 Å². The normalized spacial score (nSPS) is 26.5. The van der Waals surface area contributed by atoms with E-state index in [4.69, 9.17) is 9.47 Å². The first-order chi connectivity index (χ1) is 11.6. The minimum atomic E-state index is -0.485. The van der Waals surface area contributed by atoms with E-state index in [1.54, 1.807) is 0 Å². The fraction of sp³-hybridized carbons (Fsp3) is 0.684. The summed E-state index contributed by atoms with van der Waals surface area (Å²) in [7, 11) is 0. The Hall–Kier alpha value is -1.30. The van der Waals surface area contributed by atoms with Crippen molar-refractivity contribution in [1.29, 1.82) is 0 Å². The van der Waals surface area contributed by atoms with Crippen molar-refractivity contribution in [2.45, 2.75) is 45.0 Å². The molecule has 0 amide bonds. The Labute approximate surface area is 145 Å². The second-order valence-electron chi connectivity index (χ2n) is 7.13. The van der Waals surface area contributed by atoms with Crippen LogP contribution in [0.4, 0.5) is 5.69 Å². The lowest BCUT2D eigenvalue weighted by Gasteiger charge is -2.36. The van der Waals surface area contributed by atoms with Gasteiger partial charge in [-0.25, -0.2) is 0 Å². The number of nitrogens with zero attached hydrogens (tertiary/aromatic N) is 2. The van der Waals surface area contributed by atoms with Gasteiger partial charge < -0.3 is 19.5 Å². The van der Waals surface area contributed by atoms with Crippen LogP contribution in [0.3, 0.4) is 0 Å². The number of rotatable bonds is 6. The summed E-state index contributed by atoms with van der Waals surface area (Å²) < 4.78 is 11.5. The van der Waals surface area contributed by atoms with Crippen LogP contribution in [0.1, 0.15) is 26.7 Å². The summed E-state index contributed by atoms with van der Waals surface area (Å²) in [5.74, 6) is 0.820. The summed E-state index contributed by atoms with van der Waals surface area (Å²) in [6.45, 7) is 9.14. The largest absolute Gasteiger partial charge is 0.491 e. The standard InChI is InChI=1S/C19H30N2O3/c1-15-11-20(12-16(2)24-15)13-18(22)14-23-19-7-5-17(6-8-19)21-9-3-4-10-21/h5-8,15-16,18,22H,3-4,9-14H2,1-2H3. The second-order valence-corrected chi connectivity index (χ2v) is 7.13. The Kier molecular flexibility index (Phi) is 5.98. The minimum Gasteiger partial charge on any atom is -0.491 e. The number of benzene rings is 1. The zero-order valence-corrected chi connectivity index (χ0v) is 14.9. The molecule has 2 heterocycles. The predicted octanol–water partition coefficient (Wildman–Crippen LogP) is 2.14. The van der Waals surface area contributed by atoms with E-state index in [-0.39, 0.29) is 12.2 Å². The molecule has 134 valence electrons. The van der Waals surface area contributed by atoms with Gasteiger partial charge in [-0.2, -0.15) is 0 Å². The molecule has 2 aliphatic heterocycles. The topological polar surface area (TPSA) is 45.2 Å². The first-order valence-corrected chi connectivity index (χ1v) is 9.14. The van der Waals surface area contributed by atoms with Crippen molar-refractivity contribution < 1.29 is 14.6 Å². The molecule has 5 heteroatoms. The van der Waals surface area contributed by atoms with Crippen molar-refractivity contribution in [2.24, 2.45) is 0 Å². The van der Waals surface area contributed by atoms with Gasteiger partial charge in [-0.3, -0.25) is 4.90 Å². The van der Waals surface area contributed by atoms with E-state index in [1.165, 1.54) is 18.5 Å². The Morgan fingerprint density at radius 1 is 1.12 bits per heavy atom. The molecule has 2 saturated heterocycles. The molecular formula is C19H30N2O3. The fourth-order valence-electron chi connectivity index (χ4n) is 3.71. The third-order valence-corrected chi connectivity index (χ3v) is 4.71. The van der Waals surface area contributed by atoms with E-state index >= 15 is 0 Å². The van der Waals surface area contributed by atoms with Crippen molar-refractivity contribution in [2.75, 3.05) is 44.2 Å². The van der Waals surface area contributed by atoms with Crippen LogP contribution in [0.15, 0.2) is 24.3 Å². The number of anilines is 1. The van der Waals surface area contributed by atoms with E-state index in [0.717, 1.165) is 31.9 Å². The van der Waals surface area contributed by atoms with Gasteiger partial charge in [0.1, 0.15) is 18.5 Å². The number of aliphatic hydroxyl groups excluding tert-OH is 1. The molecule has 0 saturated carbocycles. The average molecular weight is 334 g/mol. The molecule has 24 heavy (non-hydrogen) atoms. The lowest BCUT2D eigenvalue weighted by molar-refractivity contribution is -0.0786. The molecule has 3 atom stereocenters. The Bertz CT molecular complexity index is 492. The molecule has 1 aromatic carbocycles. The molecule has 2 fully saturated rings. The highest BCUT2D eigenvalue weighted by molar-refractivity contribution is 5.49. The molecule has 3 unspecified atom stereocenters. The highest BCUT2D eigenvalue weighted by atomic mass is 16.5. The third-order valence-electron chi connectivity index (χ3n) is 4.71. The van der Waals surface area contributed by atoms with Crippen molar-refractivity contribution in [1.82, 2.24) is 4.90 Å². The molecule has 1 N–H and O–H groups in total. The van der Waals surface area contributed by atoms with Crippen LogP contribution < -0.4 is 9.64 Å². The summed E-state index contributed by atoms with van der Waals surface area (Å²) >= 11 is 0. The molecular weight excluding hydrogens is 304 g/mol. The van der Waals surface area contributed by atoms with Crippen LogP contribution >= 0.6 is 0 Å². The Morgan fingerprint density at radius 2 is 1.75 bits per heavy atom. The second kappa shape index (κ2) is 8.19. The van der Waals surface area contributed by atoms with Gasteiger partial charge in [-0.1, -0.05) is 0 Å². The number of ether oxygens (including phenoxy) is 2. The van der Waals surface area contributed by atoms with E-state index in [1.807, 2.05) is 12.1 Å². The molecule has 0 aliphatic carbocycles. The highest BCUT2D eigenvalue weighted by Gasteiger charge is 2.24. The quantitative estimate of drug-likeness (QED) is 0.863. The van der Waals surface area contributed by atoms with Gasteiger partial charge in [-0.15, -0.1) is 0 Å². The number of β-amino-alcohol motifs (C(OH)–C–C–N with tert-alkyl or cyclic N) is 1. The number of aliphatic hydroxyl groups is 1. The van der Waals surface area contributed by atoms with Gasteiger partial charge >= 0.3 is 0 Å². The summed E-state index contributed by atoms with van der Waals surface area (Å²) in [6, 6.07) is 8.22. The minimum absolute atomic E-state index is 0.222. The maximum Gasteiger partial charge on any atom is 0.119 e. The predicted molar refractivity (Wildman–Crippen MR) is 95.8 cm³/mol. The maximum atomic E-state index is 10.2. The van der Waals surface area contributed by atoms with Crippen molar-refractivity contribution >= 4 is 5.69 Å². The summed E-state index contributed by atoms with van der Waals surface area (Å²) in [5.41, 5.74) is 1.26. The summed E-state index contributed by atoms with van der Waals surface area (Å²) in [6.07, 6.45) is 2.52. The smallest absolute Gasteiger partial charge is 0.119 e. The molecule has 0 bridgehead atoms. The van der Waals surface area contributed by atoms with Gasteiger partial charge in [0.25, 0.3) is 0 Å². The van der Waals surface area contributed by atoms with Crippen LogP contribution in [0.2, 0.25) is 0 Å². The first-order valence-electron chi connectivity index (χ1n) is 9.14. The average Bonchev–Trinajstić information content (AvgIpc) is 3.07. The van der Waals surface area contributed by atoms with Crippen LogP contribution in [-0.4, -0.2) is 67.6 Å². The van der Waals surface area contributed by atoms with Gasteiger partial charge in [0.15, 0.2) is 0 Å². The van der Waals surface area contributed by atoms with E-state index in [2.05, 4.69) is 35.8 Å². The molecule has 1 aromatic rings. The zero-order chi connectivity index (χ0) is 16.9. The molecule has 0 aromatic heterocycles. The molecule has 3 rings (SSSR count). The molecule has 0 radical (unpaired) electrons. The zero-order valence-electron chi connectivity index (χ0n) is 14.9. The highest BCUT2D eigenvalue weighted by Crippen LogP contribution is 2.23. The SMILES string of the molecule is CC1CN(CC(O)COc2ccc(N3CCCC3)cc2)CC(C)O1. The fourth-order valence-corrected chi connectivity index (χ4v) is 3.71. The van der Waals surface area contributed by atoms with E-state index in [0.29, 0.717) is 13.2 Å². The van der Waals surface area contributed by atoms with E-state index < -0.39 is 6.10 Å². The molecule has 5 nitrogen and oxygen atoms in total.